The van der Waals surface area contributed by atoms with Crippen LogP contribution in [-0.4, -0.2) is 30.8 Å². The van der Waals surface area contributed by atoms with Crippen LogP contribution >= 0.6 is 0 Å². The number of ether oxygens (including phenoxy) is 1. The van der Waals surface area contributed by atoms with Gasteiger partial charge in [0.05, 0.1) is 7.11 Å². The van der Waals surface area contributed by atoms with Crippen LogP contribution in [-0.2, 0) is 4.79 Å². The Morgan fingerprint density at radius 2 is 2.14 bits per heavy atom. The van der Waals surface area contributed by atoms with Crippen molar-refractivity contribution in [2.45, 2.75) is 0 Å². The van der Waals surface area contributed by atoms with Gasteiger partial charge in [-0.15, -0.1) is 0 Å². The topological polar surface area (TPSA) is 59.5 Å². The minimum atomic E-state index is -0.572. The summed E-state index contributed by atoms with van der Waals surface area (Å²) in [5.41, 5.74) is 0.252. The Hall–Kier alpha value is -1.91. The molecule has 5 nitrogen and oxygen atoms in total. The second-order valence-electron chi connectivity index (χ2n) is 2.91. The van der Waals surface area contributed by atoms with Gasteiger partial charge in [-0.2, -0.15) is 0 Å². The standard InChI is InChI=1S/C9H8N2O3/c1-11-8-6(7(12)9(11)13)5(14-2)3-4-10-8/h3-4H,1-2H3. The first kappa shape index (κ1) is 8.68. The van der Waals surface area contributed by atoms with E-state index in [0.717, 1.165) is 0 Å². The molecule has 2 heterocycles. The molecule has 1 aromatic heterocycles. The molecule has 14 heavy (non-hydrogen) atoms. The fraction of sp³-hybridized carbons (Fsp3) is 0.222. The summed E-state index contributed by atoms with van der Waals surface area (Å²) in [6.45, 7) is 0. The van der Waals surface area contributed by atoms with Gasteiger partial charge in [-0.25, -0.2) is 4.98 Å². The van der Waals surface area contributed by atoms with E-state index >= 15 is 0 Å². The van der Waals surface area contributed by atoms with E-state index in [1.165, 1.54) is 25.3 Å². The maximum absolute atomic E-state index is 11.5. The Morgan fingerprint density at radius 1 is 1.43 bits per heavy atom. The van der Waals surface area contributed by atoms with Gasteiger partial charge >= 0.3 is 5.91 Å². The summed E-state index contributed by atoms with van der Waals surface area (Å²) in [6, 6.07) is 1.56. The summed E-state index contributed by atoms with van der Waals surface area (Å²) in [4.78, 5) is 28.0. The molecule has 0 spiro atoms. The summed E-state index contributed by atoms with van der Waals surface area (Å²) < 4.78 is 4.98. The summed E-state index contributed by atoms with van der Waals surface area (Å²) in [6.07, 6.45) is 1.50. The van der Waals surface area contributed by atoms with Crippen molar-refractivity contribution in [2.75, 3.05) is 19.1 Å². The maximum Gasteiger partial charge on any atom is 0.300 e. The highest BCUT2D eigenvalue weighted by Crippen LogP contribution is 2.32. The zero-order chi connectivity index (χ0) is 10.3. The number of carbonyl (C=O) groups is 2. The molecule has 5 heteroatoms. The second kappa shape index (κ2) is 2.80. The molecule has 1 aliphatic rings. The van der Waals surface area contributed by atoms with Crippen LogP contribution in [0.5, 0.6) is 5.75 Å². The number of ketones is 1. The Morgan fingerprint density at radius 3 is 2.79 bits per heavy atom. The molecule has 0 bridgehead atoms. The number of nitrogens with zero attached hydrogens (tertiary/aromatic N) is 2. The number of carbonyl (C=O) groups excluding carboxylic acids is 2. The van der Waals surface area contributed by atoms with Crippen LogP contribution in [0.15, 0.2) is 12.3 Å². The molecule has 0 aromatic carbocycles. The molecular formula is C9H8N2O3. The minimum absolute atomic E-state index is 0.252. The fourth-order valence-corrected chi connectivity index (χ4v) is 1.43. The van der Waals surface area contributed by atoms with Crippen LogP contribution in [0.3, 0.4) is 0 Å². The van der Waals surface area contributed by atoms with Crippen LogP contribution in [0.25, 0.3) is 0 Å². The number of hydrogen-bond donors (Lipinski definition) is 0. The Kier molecular flexibility index (Phi) is 1.73. The van der Waals surface area contributed by atoms with E-state index < -0.39 is 11.7 Å². The maximum atomic E-state index is 11.5. The van der Waals surface area contributed by atoms with E-state index in [1.807, 2.05) is 0 Å². The number of hydrogen-bond acceptors (Lipinski definition) is 4. The van der Waals surface area contributed by atoms with E-state index in [1.54, 1.807) is 6.07 Å². The van der Waals surface area contributed by atoms with Crippen molar-refractivity contribution < 1.29 is 14.3 Å². The predicted molar refractivity (Wildman–Crippen MR) is 48.5 cm³/mol. The van der Waals surface area contributed by atoms with E-state index in [2.05, 4.69) is 4.98 Å². The van der Waals surface area contributed by atoms with Crippen molar-refractivity contribution in [1.29, 1.82) is 0 Å². The lowest BCUT2D eigenvalue weighted by Crippen LogP contribution is -2.25. The van der Waals surface area contributed by atoms with Gasteiger partial charge in [-0.1, -0.05) is 0 Å². The molecule has 0 unspecified atom stereocenters. The van der Waals surface area contributed by atoms with Gasteiger partial charge in [-0.3, -0.25) is 14.5 Å². The summed E-state index contributed by atoms with van der Waals surface area (Å²) in [5.74, 6) is -0.388. The molecule has 1 aromatic rings. The average Bonchev–Trinajstić information content (AvgIpc) is 2.44. The zero-order valence-corrected chi connectivity index (χ0v) is 7.77. The van der Waals surface area contributed by atoms with E-state index in [4.69, 9.17) is 4.74 Å². The lowest BCUT2D eigenvalue weighted by molar-refractivity contribution is -0.114. The summed E-state index contributed by atoms with van der Waals surface area (Å²) >= 11 is 0. The number of amides is 1. The third-order valence-corrected chi connectivity index (χ3v) is 2.16. The van der Waals surface area contributed by atoms with Crippen LogP contribution in [0.1, 0.15) is 10.4 Å². The van der Waals surface area contributed by atoms with Gasteiger partial charge in [0.2, 0.25) is 0 Å². The van der Waals surface area contributed by atoms with Crippen molar-refractivity contribution >= 4 is 17.5 Å². The van der Waals surface area contributed by atoms with Gasteiger partial charge in [0, 0.05) is 13.2 Å². The summed E-state index contributed by atoms with van der Waals surface area (Å²) in [7, 11) is 2.96. The van der Waals surface area contributed by atoms with Crippen LogP contribution in [0.4, 0.5) is 5.82 Å². The highest BCUT2D eigenvalue weighted by molar-refractivity contribution is 6.52. The number of Topliss-reactive ketones (excluding diaryl/α,β-unsaturated/α-hetero) is 1. The molecular weight excluding hydrogens is 184 g/mol. The van der Waals surface area contributed by atoms with Crippen LogP contribution < -0.4 is 9.64 Å². The predicted octanol–water partition coefficient (Wildman–Crippen LogP) is 0.249. The highest BCUT2D eigenvalue weighted by atomic mass is 16.5. The van der Waals surface area contributed by atoms with Gasteiger partial charge < -0.3 is 4.74 Å². The quantitative estimate of drug-likeness (QED) is 0.598. The van der Waals surface area contributed by atoms with E-state index in [0.29, 0.717) is 11.6 Å². The third kappa shape index (κ3) is 0.921. The zero-order valence-electron chi connectivity index (χ0n) is 7.77. The summed E-state index contributed by atoms with van der Waals surface area (Å²) in [5, 5.41) is 0. The van der Waals surface area contributed by atoms with E-state index in [9.17, 15) is 9.59 Å². The number of rotatable bonds is 1. The molecule has 0 fully saturated rings. The number of methoxy groups -OCH3 is 1. The number of aromatic nitrogens is 1. The van der Waals surface area contributed by atoms with E-state index in [-0.39, 0.29) is 5.56 Å². The number of pyridine rings is 1. The Bertz CT molecular complexity index is 428. The lowest BCUT2D eigenvalue weighted by atomic mass is 10.2. The Balaban J connectivity index is 2.69. The molecule has 0 N–H and O–H groups in total. The lowest BCUT2D eigenvalue weighted by Gasteiger charge is -2.07. The second-order valence-corrected chi connectivity index (χ2v) is 2.91. The minimum Gasteiger partial charge on any atom is -0.496 e. The Labute approximate surface area is 80.3 Å². The first-order chi connectivity index (χ1) is 6.66. The average molecular weight is 192 g/mol. The first-order valence-electron chi connectivity index (χ1n) is 4.02. The monoisotopic (exact) mass is 192 g/mol. The highest BCUT2D eigenvalue weighted by Gasteiger charge is 2.37. The van der Waals surface area contributed by atoms with Gasteiger partial charge in [0.1, 0.15) is 11.3 Å². The molecule has 72 valence electrons. The van der Waals surface area contributed by atoms with Gasteiger partial charge in [0.25, 0.3) is 5.78 Å². The molecule has 0 atom stereocenters. The van der Waals surface area contributed by atoms with Crippen molar-refractivity contribution in [3.63, 3.8) is 0 Å². The normalized spacial score (nSPS) is 14.6. The van der Waals surface area contributed by atoms with Gasteiger partial charge in [-0.05, 0) is 6.07 Å². The molecule has 2 rings (SSSR count). The fourth-order valence-electron chi connectivity index (χ4n) is 1.43. The van der Waals surface area contributed by atoms with Crippen molar-refractivity contribution in [3.8, 4) is 5.75 Å². The van der Waals surface area contributed by atoms with Gasteiger partial charge in [0.15, 0.2) is 5.82 Å². The largest absolute Gasteiger partial charge is 0.496 e. The molecule has 1 amide bonds. The third-order valence-electron chi connectivity index (χ3n) is 2.16. The first-order valence-corrected chi connectivity index (χ1v) is 4.02. The van der Waals surface area contributed by atoms with Crippen molar-refractivity contribution in [1.82, 2.24) is 4.98 Å². The molecule has 0 saturated carbocycles. The molecule has 0 saturated heterocycles. The van der Waals surface area contributed by atoms with Crippen molar-refractivity contribution in [2.24, 2.45) is 0 Å². The smallest absolute Gasteiger partial charge is 0.300 e. The van der Waals surface area contributed by atoms with Crippen molar-refractivity contribution in [3.05, 3.63) is 17.8 Å². The number of likely N-dealkylation sites (N-methyl/N-ethyl adjacent to an activating group) is 1. The molecule has 0 radical (unpaired) electrons. The number of anilines is 1. The number of fused-ring (bicyclic) bond motifs is 1. The molecule has 1 aliphatic heterocycles. The van der Waals surface area contributed by atoms with Crippen LogP contribution in [0.2, 0.25) is 0 Å². The molecule has 0 aliphatic carbocycles. The van der Waals surface area contributed by atoms with Crippen LogP contribution in [0, 0.1) is 0 Å². The SMILES string of the molecule is COc1ccnc2c1C(=O)C(=O)N2C.